The normalized spacial score (nSPS) is 24.9. The van der Waals surface area contributed by atoms with Gasteiger partial charge in [0, 0.05) is 16.6 Å². The predicted molar refractivity (Wildman–Crippen MR) is 70.3 cm³/mol. The molecule has 2 rings (SSSR count). The fourth-order valence-corrected chi connectivity index (χ4v) is 4.36. The maximum atomic E-state index is 12.0. The lowest BCUT2D eigenvalue weighted by Crippen LogP contribution is -2.29. The van der Waals surface area contributed by atoms with Crippen molar-refractivity contribution in [3.63, 3.8) is 0 Å². The zero-order chi connectivity index (χ0) is 13.2. The number of aryl methyl sites for hydroxylation is 1. The molecule has 1 heterocycles. The van der Waals surface area contributed by atoms with Crippen molar-refractivity contribution in [2.45, 2.75) is 30.8 Å². The highest BCUT2D eigenvalue weighted by Crippen LogP contribution is 2.20. The molecular weight excluding hydrogens is 272 g/mol. The van der Waals surface area contributed by atoms with Crippen LogP contribution >= 0.6 is 0 Å². The highest BCUT2D eigenvalue weighted by Gasteiger charge is 2.26. The topological polar surface area (TPSA) is 60.4 Å². The van der Waals surface area contributed by atoms with Gasteiger partial charge in [0.15, 0.2) is 0 Å². The molecule has 0 radical (unpaired) electrons. The molecule has 0 amide bonds. The summed E-state index contributed by atoms with van der Waals surface area (Å²) in [7, 11) is -4.69. The molecule has 1 saturated heterocycles. The maximum Gasteiger partial charge on any atom is 0.297 e. The van der Waals surface area contributed by atoms with Crippen LogP contribution in [-0.2, 0) is 25.1 Å². The van der Waals surface area contributed by atoms with Crippen LogP contribution in [0.5, 0.6) is 0 Å². The van der Waals surface area contributed by atoms with E-state index in [-0.39, 0.29) is 4.90 Å². The molecule has 4 nitrogen and oxygen atoms in total. The highest BCUT2D eigenvalue weighted by atomic mass is 32.2. The molecule has 1 aliphatic rings. The molecule has 0 saturated carbocycles. The van der Waals surface area contributed by atoms with Gasteiger partial charge in [0.2, 0.25) is 0 Å². The quantitative estimate of drug-likeness (QED) is 0.793. The second kappa shape index (κ2) is 5.50. The van der Waals surface area contributed by atoms with E-state index in [4.69, 9.17) is 4.18 Å². The SMILES string of the molecule is Cc1ccc(S(=O)(=O)O[C@H]2CCC[S@@](=O)C2)cc1. The number of rotatable bonds is 3. The summed E-state index contributed by atoms with van der Waals surface area (Å²) in [6, 6.07) is 6.53. The van der Waals surface area contributed by atoms with E-state index >= 15 is 0 Å². The summed E-state index contributed by atoms with van der Waals surface area (Å²) in [6.07, 6.45) is 0.947. The van der Waals surface area contributed by atoms with Crippen molar-refractivity contribution in [3.05, 3.63) is 29.8 Å². The fraction of sp³-hybridized carbons (Fsp3) is 0.500. The first-order valence-corrected chi connectivity index (χ1v) is 8.72. The van der Waals surface area contributed by atoms with Gasteiger partial charge in [0.05, 0.1) is 16.8 Å². The van der Waals surface area contributed by atoms with Crippen molar-refractivity contribution in [3.8, 4) is 0 Å². The van der Waals surface area contributed by atoms with Crippen LogP contribution < -0.4 is 0 Å². The Hall–Kier alpha value is -0.720. The molecule has 1 aliphatic heterocycles. The number of hydrogen-bond donors (Lipinski definition) is 0. The third-order valence-corrected chi connectivity index (χ3v) is 5.70. The summed E-state index contributed by atoms with van der Waals surface area (Å²) in [5.74, 6) is 0.954. The molecule has 18 heavy (non-hydrogen) atoms. The van der Waals surface area contributed by atoms with E-state index in [9.17, 15) is 12.6 Å². The van der Waals surface area contributed by atoms with Gasteiger partial charge in [-0.05, 0) is 31.9 Å². The van der Waals surface area contributed by atoms with E-state index in [0.717, 1.165) is 12.0 Å². The van der Waals surface area contributed by atoms with Crippen molar-refractivity contribution < 1.29 is 16.8 Å². The summed E-state index contributed by atoms with van der Waals surface area (Å²) in [5, 5.41) is 0. The lowest BCUT2D eigenvalue weighted by molar-refractivity contribution is 0.217. The number of hydrogen-bond acceptors (Lipinski definition) is 4. The van der Waals surface area contributed by atoms with Crippen LogP contribution in [0.25, 0.3) is 0 Å². The van der Waals surface area contributed by atoms with E-state index in [1.165, 1.54) is 12.1 Å². The molecule has 0 aromatic heterocycles. The van der Waals surface area contributed by atoms with Gasteiger partial charge in [-0.2, -0.15) is 8.42 Å². The Kier molecular flexibility index (Phi) is 4.19. The third kappa shape index (κ3) is 3.40. The first-order valence-electron chi connectivity index (χ1n) is 5.82. The van der Waals surface area contributed by atoms with E-state index in [2.05, 4.69) is 0 Å². The van der Waals surface area contributed by atoms with Crippen LogP contribution in [0.3, 0.4) is 0 Å². The Balaban J connectivity index is 2.11. The maximum absolute atomic E-state index is 12.0. The van der Waals surface area contributed by atoms with E-state index in [0.29, 0.717) is 17.9 Å². The molecule has 6 heteroatoms. The van der Waals surface area contributed by atoms with Gasteiger partial charge in [0.1, 0.15) is 0 Å². The molecule has 0 bridgehead atoms. The van der Waals surface area contributed by atoms with Gasteiger partial charge in [-0.15, -0.1) is 0 Å². The molecule has 0 spiro atoms. The van der Waals surface area contributed by atoms with Crippen LogP contribution in [0.2, 0.25) is 0 Å². The largest absolute Gasteiger partial charge is 0.297 e. The zero-order valence-electron chi connectivity index (χ0n) is 10.2. The minimum absolute atomic E-state index is 0.157. The van der Waals surface area contributed by atoms with Gasteiger partial charge in [-0.1, -0.05) is 17.7 Å². The van der Waals surface area contributed by atoms with E-state index < -0.39 is 27.0 Å². The minimum Gasteiger partial charge on any atom is -0.262 e. The molecule has 1 fully saturated rings. The summed E-state index contributed by atoms with van der Waals surface area (Å²) in [4.78, 5) is 0.157. The van der Waals surface area contributed by atoms with Gasteiger partial charge < -0.3 is 0 Å². The summed E-state index contributed by atoms with van der Waals surface area (Å²) in [6.45, 7) is 1.89. The van der Waals surface area contributed by atoms with Gasteiger partial charge >= 0.3 is 0 Å². The molecule has 1 aromatic rings. The fourth-order valence-electron chi connectivity index (χ4n) is 1.86. The Labute approximate surface area is 110 Å². The first kappa shape index (κ1) is 13.7. The molecule has 100 valence electrons. The predicted octanol–water partition coefficient (Wildman–Crippen LogP) is 1.61. The third-order valence-electron chi connectivity index (χ3n) is 2.84. The lowest BCUT2D eigenvalue weighted by atomic mass is 10.2. The summed E-state index contributed by atoms with van der Waals surface area (Å²) in [5.41, 5.74) is 0.993. The average molecular weight is 288 g/mol. The van der Waals surface area contributed by atoms with Crippen LogP contribution in [0.15, 0.2) is 29.2 Å². The van der Waals surface area contributed by atoms with Gasteiger partial charge in [0.25, 0.3) is 10.1 Å². The Morgan fingerprint density at radius 2 is 1.94 bits per heavy atom. The van der Waals surface area contributed by atoms with E-state index in [1.54, 1.807) is 12.1 Å². The molecular formula is C12H16O4S2. The zero-order valence-corrected chi connectivity index (χ0v) is 11.8. The highest BCUT2D eigenvalue weighted by molar-refractivity contribution is 7.87. The monoisotopic (exact) mass is 288 g/mol. The number of benzene rings is 1. The smallest absolute Gasteiger partial charge is 0.262 e. The molecule has 0 unspecified atom stereocenters. The molecule has 1 aromatic carbocycles. The van der Waals surface area contributed by atoms with Gasteiger partial charge in [-0.3, -0.25) is 8.39 Å². The minimum atomic E-state index is -3.73. The molecule has 0 aliphatic carbocycles. The molecule has 2 atom stereocenters. The standard InChI is InChI=1S/C12H16O4S2/c1-10-4-6-12(7-5-10)18(14,15)16-11-3-2-8-17(13)9-11/h4-7,11H,2-3,8-9H2,1H3/t11-,17+/m0/s1. The lowest BCUT2D eigenvalue weighted by Gasteiger charge is -2.21. The van der Waals surface area contributed by atoms with E-state index in [1.807, 2.05) is 6.92 Å². The van der Waals surface area contributed by atoms with Crippen LogP contribution in [0.1, 0.15) is 18.4 Å². The van der Waals surface area contributed by atoms with Crippen molar-refractivity contribution in [2.24, 2.45) is 0 Å². The Bertz CT molecular complexity index is 534. The summed E-state index contributed by atoms with van der Waals surface area (Å²) >= 11 is 0. The second-order valence-corrected chi connectivity index (χ2v) is 7.63. The van der Waals surface area contributed by atoms with Crippen molar-refractivity contribution in [1.82, 2.24) is 0 Å². The van der Waals surface area contributed by atoms with Gasteiger partial charge in [-0.25, -0.2) is 0 Å². The summed E-state index contributed by atoms with van der Waals surface area (Å²) < 4.78 is 40.5. The van der Waals surface area contributed by atoms with Crippen LogP contribution in [-0.4, -0.2) is 30.2 Å². The van der Waals surface area contributed by atoms with Crippen LogP contribution in [0.4, 0.5) is 0 Å². The van der Waals surface area contributed by atoms with Crippen molar-refractivity contribution in [2.75, 3.05) is 11.5 Å². The Morgan fingerprint density at radius 3 is 2.56 bits per heavy atom. The van der Waals surface area contributed by atoms with Crippen molar-refractivity contribution >= 4 is 20.9 Å². The molecule has 0 N–H and O–H groups in total. The van der Waals surface area contributed by atoms with Crippen molar-refractivity contribution in [1.29, 1.82) is 0 Å². The Morgan fingerprint density at radius 1 is 1.28 bits per heavy atom. The average Bonchev–Trinajstić information content (AvgIpc) is 2.29. The van der Waals surface area contributed by atoms with Crippen LogP contribution in [0, 0.1) is 6.92 Å². The first-order chi connectivity index (χ1) is 8.47. The second-order valence-electron chi connectivity index (χ2n) is 4.44.